The second kappa shape index (κ2) is 9.85. The summed E-state index contributed by atoms with van der Waals surface area (Å²) >= 11 is 0. The van der Waals surface area contributed by atoms with Gasteiger partial charge in [0.1, 0.15) is 0 Å². The Balaban J connectivity index is 1.33. The Labute approximate surface area is 164 Å². The van der Waals surface area contributed by atoms with Crippen LogP contribution in [0.25, 0.3) is 0 Å². The quantitative estimate of drug-likeness (QED) is 0.725. The van der Waals surface area contributed by atoms with Crippen molar-refractivity contribution in [1.29, 1.82) is 0 Å². The Morgan fingerprint density at radius 3 is 2.04 bits per heavy atom. The van der Waals surface area contributed by atoms with E-state index in [-0.39, 0.29) is 11.8 Å². The fraction of sp³-hybridized carbons (Fsp3) is 0.900. The maximum absolute atomic E-state index is 12.6. The summed E-state index contributed by atoms with van der Waals surface area (Å²) in [6.45, 7) is 15.0. The molecule has 0 aromatic heterocycles. The average molecular weight is 380 g/mol. The molecule has 2 unspecified atom stereocenters. The molecule has 2 amide bonds. The maximum Gasteiger partial charge on any atom is 0.236 e. The Bertz CT molecular complexity index is 491. The zero-order chi connectivity index (χ0) is 19.2. The van der Waals surface area contributed by atoms with Crippen LogP contribution in [0.3, 0.4) is 0 Å². The highest BCUT2D eigenvalue weighted by Crippen LogP contribution is 2.21. The number of nitrogens with one attached hydrogen (secondary N) is 1. The van der Waals surface area contributed by atoms with Crippen LogP contribution in [0.1, 0.15) is 26.7 Å². The van der Waals surface area contributed by atoms with Crippen molar-refractivity contribution in [2.75, 3.05) is 78.5 Å². The van der Waals surface area contributed by atoms with Gasteiger partial charge in [0, 0.05) is 78.4 Å². The number of nitrogens with zero attached hydrogens (tertiary/aromatic N) is 4. The van der Waals surface area contributed by atoms with Gasteiger partial charge in [-0.25, -0.2) is 0 Å². The molecule has 154 valence electrons. The molecule has 0 aromatic carbocycles. The summed E-state index contributed by atoms with van der Waals surface area (Å²) in [5.74, 6) is 1.80. The fourth-order valence-electron chi connectivity index (χ4n) is 4.65. The lowest BCUT2D eigenvalue weighted by Gasteiger charge is -2.38. The second-order valence-electron chi connectivity index (χ2n) is 8.74. The highest BCUT2D eigenvalue weighted by atomic mass is 16.2. The van der Waals surface area contributed by atoms with Crippen LogP contribution in [0.4, 0.5) is 0 Å². The number of piperidine rings is 1. The first-order valence-electron chi connectivity index (χ1n) is 10.7. The van der Waals surface area contributed by atoms with Crippen LogP contribution >= 0.6 is 0 Å². The van der Waals surface area contributed by atoms with Crippen molar-refractivity contribution >= 4 is 11.8 Å². The SMILES string of the molecule is CC1CC(C)CN(C(=O)CN2CCN(CCC(=O)N3CCNCC3)CC2)C1. The lowest BCUT2D eigenvalue weighted by molar-refractivity contribution is -0.135. The Morgan fingerprint density at radius 2 is 1.41 bits per heavy atom. The second-order valence-corrected chi connectivity index (χ2v) is 8.74. The third-order valence-electron chi connectivity index (χ3n) is 6.16. The summed E-state index contributed by atoms with van der Waals surface area (Å²) in [6, 6.07) is 0. The zero-order valence-corrected chi connectivity index (χ0v) is 17.2. The van der Waals surface area contributed by atoms with Crippen molar-refractivity contribution in [2.45, 2.75) is 26.7 Å². The van der Waals surface area contributed by atoms with Gasteiger partial charge < -0.3 is 20.0 Å². The van der Waals surface area contributed by atoms with E-state index in [4.69, 9.17) is 0 Å². The molecule has 3 aliphatic heterocycles. The Hall–Kier alpha value is -1.18. The fourth-order valence-corrected chi connectivity index (χ4v) is 4.65. The van der Waals surface area contributed by atoms with Gasteiger partial charge in [-0.1, -0.05) is 13.8 Å². The monoisotopic (exact) mass is 379 g/mol. The van der Waals surface area contributed by atoms with E-state index in [1.165, 1.54) is 6.42 Å². The summed E-state index contributed by atoms with van der Waals surface area (Å²) in [7, 11) is 0. The third-order valence-corrected chi connectivity index (χ3v) is 6.16. The third kappa shape index (κ3) is 6.16. The normalized spacial score (nSPS) is 28.4. The lowest BCUT2D eigenvalue weighted by Crippen LogP contribution is -2.52. The van der Waals surface area contributed by atoms with E-state index in [0.29, 0.717) is 24.8 Å². The van der Waals surface area contributed by atoms with Gasteiger partial charge in [-0.3, -0.25) is 14.5 Å². The molecule has 3 aliphatic rings. The molecule has 0 aromatic rings. The van der Waals surface area contributed by atoms with Crippen LogP contribution in [-0.4, -0.2) is 110 Å². The summed E-state index contributed by atoms with van der Waals surface area (Å²) in [5.41, 5.74) is 0. The molecule has 1 N–H and O–H groups in total. The number of carbonyl (C=O) groups excluding carboxylic acids is 2. The molecule has 2 atom stereocenters. The van der Waals surface area contributed by atoms with Crippen molar-refractivity contribution in [2.24, 2.45) is 11.8 Å². The summed E-state index contributed by atoms with van der Waals surface area (Å²) in [6.07, 6.45) is 1.84. The van der Waals surface area contributed by atoms with E-state index in [1.807, 2.05) is 4.90 Å². The average Bonchev–Trinajstić information content (AvgIpc) is 2.67. The first kappa shape index (κ1) is 20.6. The molecule has 0 bridgehead atoms. The Kier molecular flexibility index (Phi) is 7.49. The van der Waals surface area contributed by atoms with Gasteiger partial charge in [-0.05, 0) is 18.3 Å². The highest BCUT2D eigenvalue weighted by molar-refractivity contribution is 5.78. The van der Waals surface area contributed by atoms with E-state index in [9.17, 15) is 9.59 Å². The van der Waals surface area contributed by atoms with Gasteiger partial charge in [0.15, 0.2) is 0 Å². The van der Waals surface area contributed by atoms with E-state index in [0.717, 1.165) is 72.0 Å². The predicted octanol–water partition coefficient (Wildman–Crippen LogP) is -0.0696. The molecule has 7 heteroatoms. The number of hydrogen-bond donors (Lipinski definition) is 1. The van der Waals surface area contributed by atoms with E-state index in [1.54, 1.807) is 0 Å². The molecule has 0 aliphatic carbocycles. The van der Waals surface area contributed by atoms with Crippen LogP contribution < -0.4 is 5.32 Å². The summed E-state index contributed by atoms with van der Waals surface area (Å²) < 4.78 is 0. The van der Waals surface area contributed by atoms with Crippen LogP contribution in [0.15, 0.2) is 0 Å². The van der Waals surface area contributed by atoms with Gasteiger partial charge >= 0.3 is 0 Å². The molecule has 0 radical (unpaired) electrons. The molecular formula is C20H37N5O2. The molecule has 3 fully saturated rings. The predicted molar refractivity (Wildman–Crippen MR) is 106 cm³/mol. The molecule has 3 heterocycles. The molecule has 0 saturated carbocycles. The van der Waals surface area contributed by atoms with E-state index < -0.39 is 0 Å². The molecule has 0 spiro atoms. The van der Waals surface area contributed by atoms with Gasteiger partial charge in [-0.15, -0.1) is 0 Å². The highest BCUT2D eigenvalue weighted by Gasteiger charge is 2.27. The Morgan fingerprint density at radius 1 is 0.815 bits per heavy atom. The van der Waals surface area contributed by atoms with Gasteiger partial charge in [-0.2, -0.15) is 0 Å². The number of likely N-dealkylation sites (tertiary alicyclic amines) is 1. The van der Waals surface area contributed by atoms with Crippen LogP contribution in [0, 0.1) is 11.8 Å². The summed E-state index contributed by atoms with van der Waals surface area (Å²) in [4.78, 5) is 33.6. The summed E-state index contributed by atoms with van der Waals surface area (Å²) in [5, 5.41) is 3.28. The molecular weight excluding hydrogens is 342 g/mol. The molecule has 27 heavy (non-hydrogen) atoms. The molecule has 3 saturated heterocycles. The minimum absolute atomic E-state index is 0.280. The van der Waals surface area contributed by atoms with Gasteiger partial charge in [0.2, 0.25) is 11.8 Å². The first-order valence-corrected chi connectivity index (χ1v) is 10.7. The number of piperazine rings is 2. The molecule has 3 rings (SSSR count). The number of amides is 2. The zero-order valence-electron chi connectivity index (χ0n) is 17.2. The maximum atomic E-state index is 12.6. The smallest absolute Gasteiger partial charge is 0.236 e. The van der Waals surface area contributed by atoms with Crippen molar-refractivity contribution < 1.29 is 9.59 Å². The molecule has 7 nitrogen and oxygen atoms in total. The van der Waals surface area contributed by atoms with Crippen LogP contribution in [0.5, 0.6) is 0 Å². The number of carbonyl (C=O) groups is 2. The van der Waals surface area contributed by atoms with Crippen LogP contribution in [0.2, 0.25) is 0 Å². The van der Waals surface area contributed by atoms with Crippen molar-refractivity contribution in [3.63, 3.8) is 0 Å². The standard InChI is InChI=1S/C20H37N5O2/c1-17-13-18(2)15-25(14-17)20(27)16-23-11-9-22(10-12-23)6-3-19(26)24-7-4-21-5-8-24/h17-18,21H,3-16H2,1-2H3. The number of hydrogen-bond acceptors (Lipinski definition) is 5. The van der Waals surface area contributed by atoms with E-state index in [2.05, 4.69) is 33.9 Å². The van der Waals surface area contributed by atoms with E-state index >= 15 is 0 Å². The van der Waals surface area contributed by atoms with Crippen molar-refractivity contribution in [3.8, 4) is 0 Å². The topological polar surface area (TPSA) is 59.1 Å². The minimum atomic E-state index is 0.280. The lowest BCUT2D eigenvalue weighted by atomic mass is 9.92. The van der Waals surface area contributed by atoms with Gasteiger partial charge in [0.05, 0.1) is 6.54 Å². The number of rotatable bonds is 5. The first-order chi connectivity index (χ1) is 13.0. The van der Waals surface area contributed by atoms with Crippen molar-refractivity contribution in [1.82, 2.24) is 24.9 Å². The largest absolute Gasteiger partial charge is 0.341 e. The van der Waals surface area contributed by atoms with Gasteiger partial charge in [0.25, 0.3) is 0 Å². The van der Waals surface area contributed by atoms with Crippen molar-refractivity contribution in [3.05, 3.63) is 0 Å². The minimum Gasteiger partial charge on any atom is -0.341 e. The van der Waals surface area contributed by atoms with Crippen LogP contribution in [-0.2, 0) is 9.59 Å².